The van der Waals surface area contributed by atoms with E-state index in [0.717, 1.165) is 10.9 Å². The Hall–Kier alpha value is -2.26. The molecule has 0 saturated heterocycles. The number of hydrogen-bond donors (Lipinski definition) is 0. The molecule has 4 rings (SSSR count). The minimum atomic E-state index is -2.86. The molecule has 4 heteroatoms. The lowest BCUT2D eigenvalue weighted by molar-refractivity contribution is 0.0730. The molecule has 1 amide bonds. The van der Waals surface area contributed by atoms with Gasteiger partial charge in [0.15, 0.2) is 0 Å². The first-order valence-corrected chi connectivity index (χ1v) is 8.15. The highest BCUT2D eigenvalue weighted by Crippen LogP contribution is 2.31. The second-order valence-corrected chi connectivity index (χ2v) is 6.31. The van der Waals surface area contributed by atoms with E-state index < -0.39 is 13.3 Å². The Balaban J connectivity index is 1.81. The number of benzene rings is 2. The van der Waals surface area contributed by atoms with Crippen molar-refractivity contribution in [2.45, 2.75) is 26.3 Å². The molecule has 0 saturated carbocycles. The summed E-state index contributed by atoms with van der Waals surface area (Å²) in [6.07, 6.45) is 0.527. The van der Waals surface area contributed by atoms with Crippen LogP contribution in [0.5, 0.6) is 0 Å². The van der Waals surface area contributed by atoms with E-state index in [4.69, 9.17) is 18.5 Å². The predicted octanol–water partition coefficient (Wildman–Crippen LogP) is 4.51. The van der Waals surface area contributed by atoms with Gasteiger partial charge in [0.25, 0.3) is 5.91 Å². The molecule has 1 aromatic heterocycles. The number of amides is 1. The molecule has 3 nitrogen and oxygen atoms in total. The van der Waals surface area contributed by atoms with Gasteiger partial charge in [0.2, 0.25) is 0 Å². The van der Waals surface area contributed by atoms with Crippen LogP contribution in [0.3, 0.4) is 0 Å². The number of nitrogens with zero attached hydrogens (tertiary/aromatic N) is 2. The quantitative estimate of drug-likeness (QED) is 0.672. The molecule has 0 aliphatic carbocycles. The first-order valence-electron chi connectivity index (χ1n) is 10.3. The average molecular weight is 344 g/mol. The van der Waals surface area contributed by atoms with Gasteiger partial charge >= 0.3 is 0 Å². The molecular formula is C20H19ClN2O. The summed E-state index contributed by atoms with van der Waals surface area (Å²) >= 11 is 5.90. The first kappa shape index (κ1) is 10.6. The molecule has 24 heavy (non-hydrogen) atoms. The van der Waals surface area contributed by atoms with Crippen molar-refractivity contribution in [3.05, 3.63) is 70.4 Å². The molecule has 0 fully saturated rings. The summed E-state index contributed by atoms with van der Waals surface area (Å²) in [5, 5.41) is 1.36. The Bertz CT molecular complexity index is 1090. The lowest BCUT2D eigenvalue weighted by Gasteiger charge is -2.28. The third-order valence-corrected chi connectivity index (χ3v) is 4.80. The van der Waals surface area contributed by atoms with Crippen LogP contribution in [-0.2, 0) is 19.5 Å². The van der Waals surface area contributed by atoms with Crippen LogP contribution in [-0.4, -0.2) is 21.9 Å². The lowest BCUT2D eigenvalue weighted by atomic mass is 10.0. The molecule has 0 radical (unpaired) electrons. The Labute approximate surface area is 153 Å². The van der Waals surface area contributed by atoms with Crippen molar-refractivity contribution in [2.75, 3.05) is 6.54 Å². The number of aryl methyl sites for hydroxylation is 1. The van der Waals surface area contributed by atoms with Crippen molar-refractivity contribution in [2.24, 2.45) is 0 Å². The van der Waals surface area contributed by atoms with Gasteiger partial charge in [-0.1, -0.05) is 29.8 Å². The molecule has 0 unspecified atom stereocenters. The summed E-state index contributed by atoms with van der Waals surface area (Å²) in [7, 11) is 0. The molecule has 0 N–H and O–H groups in total. The number of halogens is 1. The van der Waals surface area contributed by atoms with Crippen molar-refractivity contribution in [3.63, 3.8) is 0 Å². The van der Waals surface area contributed by atoms with Crippen molar-refractivity contribution >= 4 is 28.4 Å². The van der Waals surface area contributed by atoms with E-state index in [2.05, 4.69) is 0 Å². The maximum atomic E-state index is 13.0. The molecule has 2 heterocycles. The van der Waals surface area contributed by atoms with Gasteiger partial charge < -0.3 is 9.47 Å². The Morgan fingerprint density at radius 1 is 1.25 bits per heavy atom. The fraction of sp³-hybridized carbons (Fsp3) is 0.250. The lowest BCUT2D eigenvalue weighted by Crippen LogP contribution is -2.36. The highest BCUT2D eigenvalue weighted by atomic mass is 35.5. The number of fused-ring (bicyclic) bond motifs is 3. The Morgan fingerprint density at radius 3 is 2.83 bits per heavy atom. The number of carbonyl (C=O) groups is 1. The molecule has 0 atom stereocenters. The topological polar surface area (TPSA) is 25.2 Å². The highest BCUT2D eigenvalue weighted by molar-refractivity contribution is 6.30. The second-order valence-electron chi connectivity index (χ2n) is 5.87. The van der Waals surface area contributed by atoms with Crippen molar-refractivity contribution in [3.8, 4) is 0 Å². The van der Waals surface area contributed by atoms with E-state index in [9.17, 15) is 4.79 Å². The van der Waals surface area contributed by atoms with Gasteiger partial charge in [-0.05, 0) is 49.2 Å². The normalized spacial score (nSPS) is 18.2. The fourth-order valence-corrected chi connectivity index (χ4v) is 3.51. The predicted molar refractivity (Wildman–Crippen MR) is 97.5 cm³/mol. The van der Waals surface area contributed by atoms with Crippen molar-refractivity contribution in [1.29, 1.82) is 0 Å². The first-order chi connectivity index (χ1) is 13.6. The van der Waals surface area contributed by atoms with E-state index in [-0.39, 0.29) is 12.5 Å². The second kappa shape index (κ2) is 5.99. The SMILES string of the molecule is [2H]C([2H])([2H])C([2H])([2H])n1c2c(c3ccccc31)CCN(C(=O)c1ccc(Cl)cc1)C2. The van der Waals surface area contributed by atoms with Crippen LogP contribution in [0.15, 0.2) is 48.5 Å². The largest absolute Gasteiger partial charge is 0.343 e. The Kier molecular flexibility index (Phi) is 2.64. The van der Waals surface area contributed by atoms with Crippen LogP contribution in [0.1, 0.15) is 35.3 Å². The molecular weight excluding hydrogens is 320 g/mol. The van der Waals surface area contributed by atoms with Gasteiger partial charge in [-0.15, -0.1) is 0 Å². The van der Waals surface area contributed by atoms with Crippen LogP contribution >= 0.6 is 11.6 Å². The third-order valence-electron chi connectivity index (χ3n) is 4.55. The monoisotopic (exact) mass is 343 g/mol. The van der Waals surface area contributed by atoms with Gasteiger partial charge in [-0.2, -0.15) is 0 Å². The van der Waals surface area contributed by atoms with E-state index in [1.165, 1.54) is 4.57 Å². The van der Waals surface area contributed by atoms with Gasteiger partial charge in [0.1, 0.15) is 0 Å². The zero-order chi connectivity index (χ0) is 21.0. The maximum absolute atomic E-state index is 13.0. The number of rotatable bonds is 2. The summed E-state index contributed by atoms with van der Waals surface area (Å²) < 4.78 is 41.2. The molecule has 1 aliphatic heterocycles. The van der Waals surface area contributed by atoms with Crippen LogP contribution in [0.4, 0.5) is 0 Å². The summed E-state index contributed by atoms with van der Waals surface area (Å²) in [4.78, 5) is 14.6. The minimum Gasteiger partial charge on any atom is -0.343 e. The van der Waals surface area contributed by atoms with E-state index in [1.54, 1.807) is 41.3 Å². The Morgan fingerprint density at radius 2 is 2.04 bits per heavy atom. The number of carbonyl (C=O) groups excluding carboxylic acids is 1. The molecule has 0 bridgehead atoms. The zero-order valence-electron chi connectivity index (χ0n) is 17.9. The van der Waals surface area contributed by atoms with Gasteiger partial charge in [-0.3, -0.25) is 4.79 Å². The molecule has 2 aromatic carbocycles. The molecule has 122 valence electrons. The smallest absolute Gasteiger partial charge is 0.254 e. The zero-order valence-corrected chi connectivity index (χ0v) is 13.7. The summed E-state index contributed by atoms with van der Waals surface area (Å²) in [5.74, 6) is -0.196. The summed E-state index contributed by atoms with van der Waals surface area (Å²) in [6.45, 7) is -4.85. The highest BCUT2D eigenvalue weighted by Gasteiger charge is 2.26. The molecule has 3 aromatic rings. The minimum absolute atomic E-state index is 0.140. The van der Waals surface area contributed by atoms with Crippen molar-refractivity contribution in [1.82, 2.24) is 9.47 Å². The standard InChI is InChI=1S/C20H19ClN2O/c1-2-23-18-6-4-3-5-16(18)17-11-12-22(13-19(17)23)20(24)14-7-9-15(21)10-8-14/h3-10H,2,11-13H2,1H3/i1D3,2D2. The van der Waals surface area contributed by atoms with Gasteiger partial charge in [-0.25, -0.2) is 0 Å². The number of hydrogen-bond acceptors (Lipinski definition) is 1. The van der Waals surface area contributed by atoms with Crippen LogP contribution in [0.2, 0.25) is 5.02 Å². The van der Waals surface area contributed by atoms with Crippen LogP contribution < -0.4 is 0 Å². The van der Waals surface area contributed by atoms with E-state index in [0.29, 0.717) is 34.8 Å². The van der Waals surface area contributed by atoms with Gasteiger partial charge in [0.05, 0.1) is 6.54 Å². The fourth-order valence-electron chi connectivity index (χ4n) is 3.39. The number of aromatic nitrogens is 1. The average Bonchev–Trinajstić information content (AvgIpc) is 3.01. The molecule has 1 aliphatic rings. The van der Waals surface area contributed by atoms with Crippen molar-refractivity contribution < 1.29 is 11.6 Å². The van der Waals surface area contributed by atoms with Crippen LogP contribution in [0, 0.1) is 0 Å². The van der Waals surface area contributed by atoms with E-state index >= 15 is 0 Å². The van der Waals surface area contributed by atoms with Gasteiger partial charge in [0, 0.05) is 47.1 Å². The number of para-hydroxylation sites is 1. The molecule has 0 spiro atoms. The van der Waals surface area contributed by atoms with Crippen LogP contribution in [0.25, 0.3) is 10.9 Å². The maximum Gasteiger partial charge on any atom is 0.254 e. The van der Waals surface area contributed by atoms with E-state index in [1.807, 2.05) is 12.1 Å². The third kappa shape index (κ3) is 2.40. The summed E-state index contributed by atoms with van der Waals surface area (Å²) in [6, 6.07) is 13.8. The summed E-state index contributed by atoms with van der Waals surface area (Å²) in [5.41, 5.74) is 2.44.